The summed E-state index contributed by atoms with van der Waals surface area (Å²) in [5.74, 6) is 0.0318. The van der Waals surface area contributed by atoms with Gasteiger partial charge in [0, 0.05) is 4.88 Å². The minimum atomic E-state index is -0.367. The van der Waals surface area contributed by atoms with E-state index >= 15 is 0 Å². The van der Waals surface area contributed by atoms with Gasteiger partial charge in [-0.3, -0.25) is 4.79 Å². The molecule has 1 unspecified atom stereocenters. The lowest BCUT2D eigenvalue weighted by atomic mass is 9.72. The molecule has 2 aromatic rings. The van der Waals surface area contributed by atoms with E-state index in [-0.39, 0.29) is 17.3 Å². The number of esters is 1. The molecule has 1 atom stereocenters. The van der Waals surface area contributed by atoms with Crippen LogP contribution in [0.3, 0.4) is 0 Å². The van der Waals surface area contributed by atoms with E-state index < -0.39 is 0 Å². The van der Waals surface area contributed by atoms with Gasteiger partial charge < -0.3 is 10.1 Å². The van der Waals surface area contributed by atoms with E-state index in [9.17, 15) is 9.59 Å². The van der Waals surface area contributed by atoms with Gasteiger partial charge in [0.2, 0.25) is 0 Å². The summed E-state index contributed by atoms with van der Waals surface area (Å²) < 4.78 is 4.99. The Bertz CT molecular complexity index is 784. The highest BCUT2D eigenvalue weighted by Gasteiger charge is 2.34. The number of fused-ring (bicyclic) bond motifs is 1. The van der Waals surface area contributed by atoms with E-state index in [4.69, 9.17) is 4.74 Å². The molecule has 0 saturated heterocycles. The first kappa shape index (κ1) is 18.1. The Morgan fingerprint density at radius 2 is 2.08 bits per heavy atom. The lowest BCUT2D eigenvalue weighted by Crippen LogP contribution is -2.26. The third-order valence-corrected chi connectivity index (χ3v) is 6.89. The van der Waals surface area contributed by atoms with Crippen LogP contribution in [0.15, 0.2) is 17.5 Å². The summed E-state index contributed by atoms with van der Waals surface area (Å²) in [5, 5.41) is 5.41. The van der Waals surface area contributed by atoms with Crippen LogP contribution in [0.2, 0.25) is 0 Å². The molecule has 0 aliphatic heterocycles. The van der Waals surface area contributed by atoms with Crippen LogP contribution < -0.4 is 5.32 Å². The van der Waals surface area contributed by atoms with Crippen molar-refractivity contribution < 1.29 is 14.3 Å². The van der Waals surface area contributed by atoms with Crippen molar-refractivity contribution in [3.63, 3.8) is 0 Å². The molecule has 0 bridgehead atoms. The third kappa shape index (κ3) is 3.65. The number of hydrogen-bond donors (Lipinski definition) is 1. The van der Waals surface area contributed by atoms with Gasteiger partial charge in [0.1, 0.15) is 5.00 Å². The number of methoxy groups -OCH3 is 1. The highest BCUT2D eigenvalue weighted by molar-refractivity contribution is 7.17. The summed E-state index contributed by atoms with van der Waals surface area (Å²) in [6.07, 6.45) is 2.85. The molecule has 4 nitrogen and oxygen atoms in total. The fraction of sp³-hybridized carbons (Fsp3) is 0.474. The van der Waals surface area contributed by atoms with Crippen molar-refractivity contribution in [2.45, 2.75) is 40.0 Å². The number of amides is 1. The molecule has 0 spiro atoms. The zero-order valence-electron chi connectivity index (χ0n) is 15.0. The summed E-state index contributed by atoms with van der Waals surface area (Å²) in [6.45, 7) is 6.78. The summed E-state index contributed by atoms with van der Waals surface area (Å²) in [6, 6.07) is 3.62. The normalized spacial score (nSPS) is 17.0. The Hall–Kier alpha value is -1.66. The lowest BCUT2D eigenvalue weighted by molar-refractivity contribution is 0.0600. The second kappa shape index (κ2) is 6.92. The van der Waals surface area contributed by atoms with Crippen molar-refractivity contribution in [3.8, 4) is 0 Å². The Morgan fingerprint density at radius 3 is 2.68 bits per heavy atom. The number of nitrogens with one attached hydrogen (secondary N) is 1. The average Bonchev–Trinajstić information content (AvgIpc) is 3.20. The number of hydrogen-bond acceptors (Lipinski definition) is 5. The second-order valence-corrected chi connectivity index (χ2v) is 9.49. The largest absolute Gasteiger partial charge is 0.465 e. The van der Waals surface area contributed by atoms with Crippen molar-refractivity contribution >= 4 is 39.6 Å². The molecule has 2 heterocycles. The van der Waals surface area contributed by atoms with Crippen LogP contribution in [-0.2, 0) is 17.6 Å². The van der Waals surface area contributed by atoms with Gasteiger partial charge in [-0.2, -0.15) is 0 Å². The fourth-order valence-electron chi connectivity index (χ4n) is 3.30. The van der Waals surface area contributed by atoms with Crippen LogP contribution in [0.4, 0.5) is 5.00 Å². The molecule has 0 fully saturated rings. The summed E-state index contributed by atoms with van der Waals surface area (Å²) in [7, 11) is 1.39. The SMILES string of the molecule is COC(=O)c1c(NC(=O)c2cccs2)sc2c1CCC(C(C)(C)C)C2. The molecule has 1 aliphatic rings. The molecular formula is C19H23NO3S2. The monoisotopic (exact) mass is 377 g/mol. The quantitative estimate of drug-likeness (QED) is 0.766. The first-order valence-electron chi connectivity index (χ1n) is 8.39. The predicted molar refractivity (Wildman–Crippen MR) is 103 cm³/mol. The number of rotatable bonds is 3. The Kier molecular flexibility index (Phi) is 5.02. The fourth-order valence-corrected chi connectivity index (χ4v) is 5.23. The number of anilines is 1. The van der Waals surface area contributed by atoms with E-state index in [1.165, 1.54) is 34.7 Å². The summed E-state index contributed by atoms with van der Waals surface area (Å²) in [4.78, 5) is 26.6. The maximum atomic E-state index is 12.4. The molecule has 134 valence electrons. The van der Waals surface area contributed by atoms with Crippen LogP contribution >= 0.6 is 22.7 Å². The highest BCUT2D eigenvalue weighted by Crippen LogP contribution is 2.44. The van der Waals surface area contributed by atoms with E-state index in [0.717, 1.165) is 24.8 Å². The van der Waals surface area contributed by atoms with Crippen LogP contribution in [-0.4, -0.2) is 19.0 Å². The highest BCUT2D eigenvalue weighted by atomic mass is 32.1. The summed E-state index contributed by atoms with van der Waals surface area (Å²) in [5.41, 5.74) is 1.83. The van der Waals surface area contributed by atoms with E-state index in [1.807, 2.05) is 11.4 Å². The Labute approximate surface area is 156 Å². The first-order valence-corrected chi connectivity index (χ1v) is 10.1. The maximum Gasteiger partial charge on any atom is 0.341 e. The number of carbonyl (C=O) groups excluding carboxylic acids is 2. The lowest BCUT2D eigenvalue weighted by Gasteiger charge is -2.33. The minimum absolute atomic E-state index is 0.175. The number of thiophene rings is 2. The zero-order valence-corrected chi connectivity index (χ0v) is 16.6. The predicted octanol–water partition coefficient (Wildman–Crippen LogP) is 5.00. The average molecular weight is 378 g/mol. The molecule has 0 radical (unpaired) electrons. The minimum Gasteiger partial charge on any atom is -0.465 e. The molecule has 3 rings (SSSR count). The molecule has 25 heavy (non-hydrogen) atoms. The number of carbonyl (C=O) groups is 2. The second-order valence-electron chi connectivity index (χ2n) is 7.44. The maximum absolute atomic E-state index is 12.4. The van der Waals surface area contributed by atoms with Gasteiger partial charge in [0.25, 0.3) is 5.91 Å². The van der Waals surface area contributed by atoms with E-state index in [0.29, 0.717) is 21.4 Å². The van der Waals surface area contributed by atoms with Gasteiger partial charge in [-0.1, -0.05) is 26.8 Å². The van der Waals surface area contributed by atoms with Crippen LogP contribution in [0.5, 0.6) is 0 Å². The van der Waals surface area contributed by atoms with Crippen molar-refractivity contribution in [1.29, 1.82) is 0 Å². The van der Waals surface area contributed by atoms with Crippen LogP contribution in [0, 0.1) is 11.3 Å². The summed E-state index contributed by atoms with van der Waals surface area (Å²) >= 11 is 2.91. The van der Waals surface area contributed by atoms with Crippen LogP contribution in [0.25, 0.3) is 0 Å². The topological polar surface area (TPSA) is 55.4 Å². The van der Waals surface area contributed by atoms with Gasteiger partial charge in [-0.05, 0) is 47.6 Å². The molecule has 0 saturated carbocycles. The molecule has 0 aromatic carbocycles. The standard InChI is InChI=1S/C19H23NO3S2/c1-19(2,3)11-7-8-12-14(10-11)25-17(15(12)18(22)23-4)20-16(21)13-6-5-9-24-13/h5-6,9,11H,7-8,10H2,1-4H3,(H,20,21). The molecule has 1 aliphatic carbocycles. The van der Waals surface area contributed by atoms with E-state index in [2.05, 4.69) is 26.1 Å². The van der Waals surface area contributed by atoms with Gasteiger partial charge in [0.05, 0.1) is 17.6 Å². The number of ether oxygens (including phenoxy) is 1. The van der Waals surface area contributed by atoms with E-state index in [1.54, 1.807) is 6.07 Å². The molecule has 2 aromatic heterocycles. The zero-order chi connectivity index (χ0) is 18.2. The molecular weight excluding hydrogens is 354 g/mol. The Morgan fingerprint density at radius 1 is 1.32 bits per heavy atom. The smallest absolute Gasteiger partial charge is 0.341 e. The third-order valence-electron chi connectivity index (χ3n) is 4.85. The van der Waals surface area contributed by atoms with Gasteiger partial charge in [-0.25, -0.2) is 4.79 Å². The van der Waals surface area contributed by atoms with Crippen molar-refractivity contribution in [2.75, 3.05) is 12.4 Å². The van der Waals surface area contributed by atoms with Gasteiger partial charge in [-0.15, -0.1) is 22.7 Å². The van der Waals surface area contributed by atoms with Crippen molar-refractivity contribution in [1.82, 2.24) is 0 Å². The van der Waals surface area contributed by atoms with Crippen molar-refractivity contribution in [3.05, 3.63) is 38.4 Å². The van der Waals surface area contributed by atoms with Gasteiger partial charge in [0.15, 0.2) is 0 Å². The first-order chi connectivity index (χ1) is 11.8. The molecule has 1 amide bonds. The molecule has 6 heteroatoms. The Balaban J connectivity index is 1.94. The van der Waals surface area contributed by atoms with Crippen LogP contribution in [0.1, 0.15) is 57.7 Å². The van der Waals surface area contributed by atoms with Crippen molar-refractivity contribution in [2.24, 2.45) is 11.3 Å². The van der Waals surface area contributed by atoms with Gasteiger partial charge >= 0.3 is 5.97 Å². The molecule has 1 N–H and O–H groups in total.